The Hall–Kier alpha value is -3.85. The first kappa shape index (κ1) is 19.9. The third-order valence-electron chi connectivity index (χ3n) is 3.79. The second-order valence-corrected chi connectivity index (χ2v) is 6.38. The topological polar surface area (TPSA) is 130 Å². The number of hydrogen-bond acceptors (Lipinski definition) is 7. The van der Waals surface area contributed by atoms with Crippen LogP contribution >= 0.6 is 11.6 Å². The molecule has 3 aromatic rings. The minimum atomic E-state index is -0.524. The molecule has 29 heavy (non-hydrogen) atoms. The molecule has 0 spiro atoms. The lowest BCUT2D eigenvalue weighted by atomic mass is 10.1. The molecule has 3 rings (SSSR count). The van der Waals surface area contributed by atoms with Crippen molar-refractivity contribution in [2.24, 2.45) is 5.10 Å². The average molecular weight is 412 g/mol. The van der Waals surface area contributed by atoms with E-state index in [1.807, 2.05) is 0 Å². The van der Waals surface area contributed by atoms with Crippen LogP contribution in [0.25, 0.3) is 0 Å². The van der Waals surface area contributed by atoms with Gasteiger partial charge in [-0.1, -0.05) is 11.6 Å². The molecule has 0 unspecified atom stereocenters. The van der Waals surface area contributed by atoms with Gasteiger partial charge >= 0.3 is 0 Å². The fourth-order valence-corrected chi connectivity index (χ4v) is 2.54. The number of nitrogens with one attached hydrogen (secondary N) is 2. The number of anilines is 1. The Balaban J connectivity index is 2.00. The van der Waals surface area contributed by atoms with Gasteiger partial charge in [-0.2, -0.15) is 5.10 Å². The SMILES string of the molecule is Cc1cc(=O)[nH]c(/C(=N/Nc2ccc([N+](=O)[O-])cc2)C(=O)c2ccc(Cl)cc2)n1. The molecule has 2 aromatic carbocycles. The predicted molar refractivity (Wildman–Crippen MR) is 109 cm³/mol. The van der Waals surface area contributed by atoms with Gasteiger partial charge < -0.3 is 4.98 Å². The van der Waals surface area contributed by atoms with Crippen LogP contribution in [-0.4, -0.2) is 26.4 Å². The summed E-state index contributed by atoms with van der Waals surface area (Å²) >= 11 is 5.87. The number of nitro groups is 1. The molecule has 0 saturated heterocycles. The summed E-state index contributed by atoms with van der Waals surface area (Å²) in [6, 6.07) is 12.9. The monoisotopic (exact) mass is 411 g/mol. The van der Waals surface area contributed by atoms with Crippen LogP contribution in [0.15, 0.2) is 64.5 Å². The normalized spacial score (nSPS) is 11.2. The number of carbonyl (C=O) groups excluding carboxylic acids is 1. The zero-order valence-electron chi connectivity index (χ0n) is 15.0. The first-order chi connectivity index (χ1) is 13.8. The fourth-order valence-electron chi connectivity index (χ4n) is 2.42. The third kappa shape index (κ3) is 4.90. The number of benzene rings is 2. The number of H-pyrrole nitrogens is 1. The summed E-state index contributed by atoms with van der Waals surface area (Å²) in [6.07, 6.45) is 0. The van der Waals surface area contributed by atoms with Crippen molar-refractivity contribution in [3.05, 3.63) is 97.2 Å². The highest BCUT2D eigenvalue weighted by atomic mass is 35.5. The van der Waals surface area contributed by atoms with E-state index in [-0.39, 0.29) is 17.2 Å². The summed E-state index contributed by atoms with van der Waals surface area (Å²) in [6.45, 7) is 1.62. The van der Waals surface area contributed by atoms with Crippen LogP contribution in [0.4, 0.5) is 11.4 Å². The van der Waals surface area contributed by atoms with Crippen molar-refractivity contribution in [3.63, 3.8) is 0 Å². The van der Waals surface area contributed by atoms with Crippen molar-refractivity contribution >= 4 is 34.5 Å². The van der Waals surface area contributed by atoms with Crippen molar-refractivity contribution in [1.82, 2.24) is 9.97 Å². The van der Waals surface area contributed by atoms with E-state index < -0.39 is 16.3 Å². The van der Waals surface area contributed by atoms with Crippen LogP contribution in [-0.2, 0) is 0 Å². The third-order valence-corrected chi connectivity index (χ3v) is 4.04. The Kier molecular flexibility index (Phi) is 5.79. The second-order valence-electron chi connectivity index (χ2n) is 5.95. The number of non-ortho nitro benzene ring substituents is 1. The number of aromatic nitrogens is 2. The van der Waals surface area contributed by atoms with Gasteiger partial charge in [0.05, 0.1) is 10.6 Å². The number of halogens is 1. The van der Waals surface area contributed by atoms with E-state index >= 15 is 0 Å². The number of ketones is 1. The summed E-state index contributed by atoms with van der Waals surface area (Å²) < 4.78 is 0. The van der Waals surface area contributed by atoms with E-state index in [2.05, 4.69) is 20.5 Å². The molecule has 1 heterocycles. The molecule has 0 bridgehead atoms. The maximum Gasteiger partial charge on any atom is 0.269 e. The molecule has 0 fully saturated rings. The van der Waals surface area contributed by atoms with Crippen LogP contribution in [0, 0.1) is 17.0 Å². The van der Waals surface area contributed by atoms with Crippen LogP contribution < -0.4 is 11.0 Å². The van der Waals surface area contributed by atoms with Crippen molar-refractivity contribution in [2.45, 2.75) is 6.92 Å². The van der Waals surface area contributed by atoms with Gasteiger partial charge in [0.15, 0.2) is 11.5 Å². The average Bonchev–Trinajstić information content (AvgIpc) is 2.68. The first-order valence-electron chi connectivity index (χ1n) is 8.30. The Morgan fingerprint density at radius 1 is 1.17 bits per heavy atom. The van der Waals surface area contributed by atoms with E-state index in [9.17, 15) is 19.7 Å². The molecule has 0 saturated carbocycles. The van der Waals surface area contributed by atoms with Crippen molar-refractivity contribution in [3.8, 4) is 0 Å². The summed E-state index contributed by atoms with van der Waals surface area (Å²) in [4.78, 5) is 41.7. The van der Waals surface area contributed by atoms with Gasteiger partial charge in [-0.05, 0) is 43.3 Å². The van der Waals surface area contributed by atoms with Gasteiger partial charge in [-0.3, -0.25) is 25.1 Å². The number of Topliss-reactive ketones (excluding diaryl/α,β-unsaturated/α-hetero) is 1. The number of rotatable bonds is 6. The van der Waals surface area contributed by atoms with Crippen LogP contribution in [0.5, 0.6) is 0 Å². The van der Waals surface area contributed by atoms with Crippen LogP contribution in [0.1, 0.15) is 21.9 Å². The molecule has 1 aromatic heterocycles. The molecule has 0 radical (unpaired) electrons. The lowest BCUT2D eigenvalue weighted by Gasteiger charge is -2.08. The number of hydrogen-bond donors (Lipinski definition) is 2. The largest absolute Gasteiger partial charge is 0.305 e. The first-order valence-corrected chi connectivity index (χ1v) is 8.68. The standard InChI is InChI=1S/C19H14ClN5O4/c1-11-10-16(26)22-19(21-11)17(18(27)12-2-4-13(20)5-3-12)24-23-14-6-8-15(9-7-14)25(28)29/h2-10,23H,1H3,(H,21,22,26)/b24-17+. The van der Waals surface area contributed by atoms with Gasteiger partial charge in [0, 0.05) is 34.5 Å². The number of hydrazone groups is 1. The second kappa shape index (κ2) is 8.44. The van der Waals surface area contributed by atoms with Gasteiger partial charge in [-0.25, -0.2) is 4.98 Å². The highest BCUT2D eigenvalue weighted by molar-refractivity contribution is 6.50. The Labute approximate surface area is 169 Å². The maximum atomic E-state index is 13.0. The zero-order valence-corrected chi connectivity index (χ0v) is 15.8. The van der Waals surface area contributed by atoms with Crippen LogP contribution in [0.3, 0.4) is 0 Å². The molecule has 0 atom stereocenters. The minimum absolute atomic E-state index is 0.00985. The number of nitro benzene ring substituents is 1. The minimum Gasteiger partial charge on any atom is -0.305 e. The van der Waals surface area contributed by atoms with Gasteiger partial charge in [-0.15, -0.1) is 0 Å². The van der Waals surface area contributed by atoms with Crippen molar-refractivity contribution in [1.29, 1.82) is 0 Å². The summed E-state index contributed by atoms with van der Waals surface area (Å²) in [5.74, 6) is -0.505. The smallest absolute Gasteiger partial charge is 0.269 e. The Bertz CT molecular complexity index is 1150. The zero-order chi connectivity index (χ0) is 21.0. The molecule has 0 aliphatic heterocycles. The van der Waals surface area contributed by atoms with E-state index in [1.54, 1.807) is 19.1 Å². The van der Waals surface area contributed by atoms with Gasteiger partial charge in [0.2, 0.25) is 5.78 Å². The summed E-state index contributed by atoms with van der Waals surface area (Å²) in [5, 5.41) is 15.3. The molecule has 2 N–H and O–H groups in total. The van der Waals surface area contributed by atoms with E-state index in [0.29, 0.717) is 22.0 Å². The molecule has 146 valence electrons. The Morgan fingerprint density at radius 2 is 1.83 bits per heavy atom. The van der Waals surface area contributed by atoms with Gasteiger partial charge in [0.25, 0.3) is 11.2 Å². The molecule has 0 amide bonds. The predicted octanol–water partition coefficient (Wildman–Crippen LogP) is 3.34. The molecule has 0 aliphatic carbocycles. The molecule has 0 aliphatic rings. The highest BCUT2D eigenvalue weighted by Gasteiger charge is 2.20. The fraction of sp³-hybridized carbons (Fsp3) is 0.0526. The van der Waals surface area contributed by atoms with Crippen molar-refractivity contribution < 1.29 is 9.72 Å². The van der Waals surface area contributed by atoms with Crippen LogP contribution in [0.2, 0.25) is 5.02 Å². The number of nitrogens with zero attached hydrogens (tertiary/aromatic N) is 3. The Morgan fingerprint density at radius 3 is 2.41 bits per heavy atom. The van der Waals surface area contributed by atoms with E-state index in [0.717, 1.165) is 0 Å². The lowest BCUT2D eigenvalue weighted by molar-refractivity contribution is -0.384. The van der Waals surface area contributed by atoms with Gasteiger partial charge in [0.1, 0.15) is 0 Å². The lowest BCUT2D eigenvalue weighted by Crippen LogP contribution is -2.24. The summed E-state index contributed by atoms with van der Waals surface area (Å²) in [5.41, 5.74) is 3.14. The molecule has 9 nitrogen and oxygen atoms in total. The summed E-state index contributed by atoms with van der Waals surface area (Å²) in [7, 11) is 0. The maximum absolute atomic E-state index is 13.0. The van der Waals surface area contributed by atoms with E-state index in [1.165, 1.54) is 42.5 Å². The number of aryl methyl sites for hydroxylation is 1. The molecule has 10 heteroatoms. The molecular weight excluding hydrogens is 398 g/mol. The number of aromatic amines is 1. The number of carbonyl (C=O) groups is 1. The van der Waals surface area contributed by atoms with Crippen molar-refractivity contribution in [2.75, 3.05) is 5.43 Å². The highest BCUT2D eigenvalue weighted by Crippen LogP contribution is 2.16. The molecular formula is C19H14ClN5O4. The van der Waals surface area contributed by atoms with E-state index in [4.69, 9.17) is 11.6 Å². The quantitative estimate of drug-likeness (QED) is 0.277.